The van der Waals surface area contributed by atoms with Gasteiger partial charge in [-0.3, -0.25) is 10.1 Å². The molecular formula is C22H19F3N2O3S. The lowest BCUT2D eigenvalue weighted by molar-refractivity contribution is 0.0917. The van der Waals surface area contributed by atoms with E-state index < -0.39 is 22.7 Å². The van der Waals surface area contributed by atoms with Gasteiger partial charge in [0.05, 0.1) is 12.8 Å². The molecule has 0 bridgehead atoms. The van der Waals surface area contributed by atoms with Crippen molar-refractivity contribution >= 4 is 34.5 Å². The zero-order valence-corrected chi connectivity index (χ0v) is 17.5. The van der Waals surface area contributed by atoms with Crippen molar-refractivity contribution in [3.05, 3.63) is 76.1 Å². The van der Waals surface area contributed by atoms with E-state index in [1.54, 1.807) is 26.2 Å². The molecule has 0 saturated heterocycles. The van der Waals surface area contributed by atoms with Crippen LogP contribution in [0.3, 0.4) is 0 Å². The van der Waals surface area contributed by atoms with Crippen LogP contribution in [0, 0.1) is 16.8 Å². The second kappa shape index (κ2) is 10.2. The van der Waals surface area contributed by atoms with Crippen molar-refractivity contribution in [1.29, 1.82) is 0 Å². The van der Waals surface area contributed by atoms with Gasteiger partial charge in [0.1, 0.15) is 23.5 Å². The summed E-state index contributed by atoms with van der Waals surface area (Å²) < 4.78 is 51.3. The average molecular weight is 448 g/mol. The number of hydrogen-bond acceptors (Lipinski definition) is 5. The Balaban J connectivity index is 1.91. The van der Waals surface area contributed by atoms with E-state index in [-0.39, 0.29) is 22.4 Å². The Labute approximate surface area is 181 Å². The Morgan fingerprint density at radius 3 is 2.71 bits per heavy atom. The molecule has 9 heteroatoms. The van der Waals surface area contributed by atoms with Crippen molar-refractivity contribution in [1.82, 2.24) is 4.98 Å². The molecule has 1 heterocycles. The first-order valence-corrected chi connectivity index (χ1v) is 10.0. The molecule has 3 rings (SSSR count). The second-order valence-corrected chi connectivity index (χ2v) is 7.58. The zero-order valence-electron chi connectivity index (χ0n) is 16.7. The van der Waals surface area contributed by atoms with Crippen molar-refractivity contribution in [2.75, 3.05) is 19.0 Å². The quantitative estimate of drug-likeness (QED) is 0.469. The molecule has 31 heavy (non-hydrogen) atoms. The van der Waals surface area contributed by atoms with Gasteiger partial charge in [-0.25, -0.2) is 13.8 Å². The number of ether oxygens (including phenoxy) is 2. The Hall–Kier alpha value is -3.17. The fourth-order valence-electron chi connectivity index (χ4n) is 2.73. The minimum Gasteiger partial charge on any atom is -0.488 e. The lowest BCUT2D eigenvalue weighted by atomic mass is 10.1. The number of anilines is 1. The molecule has 0 saturated carbocycles. The Kier molecular flexibility index (Phi) is 7.43. The van der Waals surface area contributed by atoms with Gasteiger partial charge in [-0.15, -0.1) is 0 Å². The van der Waals surface area contributed by atoms with E-state index in [1.165, 1.54) is 18.2 Å². The van der Waals surface area contributed by atoms with Crippen LogP contribution in [0.1, 0.15) is 28.4 Å². The van der Waals surface area contributed by atoms with Crippen LogP contribution in [-0.2, 0) is 4.74 Å². The fourth-order valence-corrected chi connectivity index (χ4v) is 3.27. The van der Waals surface area contributed by atoms with Crippen LogP contribution in [0.2, 0.25) is 0 Å². The number of benzene rings is 2. The summed E-state index contributed by atoms with van der Waals surface area (Å²) in [4.78, 5) is 16.4. The normalized spacial score (nSPS) is 12.2. The highest BCUT2D eigenvalue weighted by Crippen LogP contribution is 2.23. The molecule has 0 aliphatic heterocycles. The lowest BCUT2D eigenvalue weighted by Crippen LogP contribution is -2.18. The number of halogens is 3. The number of rotatable bonds is 8. The van der Waals surface area contributed by atoms with Crippen LogP contribution in [-0.4, -0.2) is 30.7 Å². The number of aromatic nitrogens is 1. The minimum absolute atomic E-state index is 0.0586. The third-order valence-electron chi connectivity index (χ3n) is 4.04. The molecule has 1 atom stereocenters. The van der Waals surface area contributed by atoms with Gasteiger partial charge in [-0.1, -0.05) is 23.5 Å². The van der Waals surface area contributed by atoms with Gasteiger partial charge in [0.2, 0.25) is 0 Å². The van der Waals surface area contributed by atoms with Crippen molar-refractivity contribution in [2.24, 2.45) is 0 Å². The molecule has 0 aliphatic carbocycles. The Morgan fingerprint density at radius 1 is 1.19 bits per heavy atom. The molecule has 0 aliphatic rings. The number of carbonyl (C=O) groups excluding carboxylic acids is 1. The number of nitrogens with zero attached hydrogens (tertiary/aromatic N) is 1. The molecular weight excluding hydrogens is 429 g/mol. The second-order valence-electron chi connectivity index (χ2n) is 6.60. The monoisotopic (exact) mass is 448 g/mol. The smallest absolute Gasteiger partial charge is 0.257 e. The summed E-state index contributed by atoms with van der Waals surface area (Å²) in [5.74, 6) is -1.29. The number of thiazole rings is 1. The van der Waals surface area contributed by atoms with Crippen LogP contribution >= 0.6 is 11.3 Å². The van der Waals surface area contributed by atoms with Gasteiger partial charge in [0, 0.05) is 18.2 Å². The van der Waals surface area contributed by atoms with E-state index in [1.807, 2.05) is 0 Å². The maximum absolute atomic E-state index is 13.9. The number of hydrogen-bond donors (Lipinski definition) is 1. The van der Waals surface area contributed by atoms with Crippen molar-refractivity contribution in [3.8, 4) is 5.75 Å². The topological polar surface area (TPSA) is 60.5 Å². The van der Waals surface area contributed by atoms with Gasteiger partial charge < -0.3 is 9.47 Å². The zero-order chi connectivity index (χ0) is 22.4. The first-order chi connectivity index (χ1) is 14.8. The number of carbonyl (C=O) groups is 1. The minimum atomic E-state index is -0.581. The highest BCUT2D eigenvalue weighted by Gasteiger charge is 2.13. The van der Waals surface area contributed by atoms with Gasteiger partial charge in [0.25, 0.3) is 5.91 Å². The third kappa shape index (κ3) is 6.40. The summed E-state index contributed by atoms with van der Waals surface area (Å²) in [5.41, 5.74) is 0.793. The molecule has 0 radical (unpaired) electrons. The van der Waals surface area contributed by atoms with E-state index in [0.717, 1.165) is 24.4 Å². The van der Waals surface area contributed by atoms with Crippen molar-refractivity contribution < 1.29 is 27.4 Å². The highest BCUT2D eigenvalue weighted by atomic mass is 32.1. The summed E-state index contributed by atoms with van der Waals surface area (Å²) in [6, 6.07) is 7.85. The maximum Gasteiger partial charge on any atom is 0.257 e. The first-order valence-electron chi connectivity index (χ1n) is 9.20. The third-order valence-corrected chi connectivity index (χ3v) is 4.74. The Morgan fingerprint density at radius 2 is 2.00 bits per heavy atom. The molecule has 3 aromatic rings. The van der Waals surface area contributed by atoms with Crippen molar-refractivity contribution in [2.45, 2.75) is 13.0 Å². The average Bonchev–Trinajstić information content (AvgIpc) is 3.13. The Bertz CT molecular complexity index is 1100. The summed E-state index contributed by atoms with van der Waals surface area (Å²) in [6.07, 6.45) is 3.64. The predicted molar refractivity (Wildman–Crippen MR) is 114 cm³/mol. The molecule has 5 nitrogen and oxygen atoms in total. The van der Waals surface area contributed by atoms with Crippen molar-refractivity contribution in [3.63, 3.8) is 0 Å². The number of nitrogens with one attached hydrogen (secondary N) is 1. The molecule has 2 aromatic carbocycles. The summed E-state index contributed by atoms with van der Waals surface area (Å²) in [6.45, 7) is 2.13. The van der Waals surface area contributed by atoms with Gasteiger partial charge in [0.15, 0.2) is 10.3 Å². The van der Waals surface area contributed by atoms with Crippen LogP contribution in [0.5, 0.6) is 5.75 Å². The molecule has 162 valence electrons. The summed E-state index contributed by atoms with van der Waals surface area (Å²) >= 11 is 0.698. The summed E-state index contributed by atoms with van der Waals surface area (Å²) in [7, 11) is 1.54. The first kappa shape index (κ1) is 22.5. The van der Waals surface area contributed by atoms with Gasteiger partial charge in [-0.2, -0.15) is 4.39 Å². The molecule has 1 N–H and O–H groups in total. The van der Waals surface area contributed by atoms with E-state index in [2.05, 4.69) is 10.3 Å². The molecule has 0 fully saturated rings. The maximum atomic E-state index is 13.9. The standard InChI is InChI=1S/C22H19F3N2O3S/c1-13(12-29-2)30-18-8-14(3-4-15-9-17(23)5-6-19(15)24)7-16(10-18)21(28)27-22-26-11-20(25)31-22/h3-11,13H,12H2,1-2H3,(H,26,27,28)/t13-/m0/s1. The van der Waals surface area contributed by atoms with E-state index in [0.29, 0.717) is 29.3 Å². The SMILES string of the molecule is COC[C@H](C)Oc1cc(C=Cc2cc(F)ccc2F)cc(C(=O)Nc2ncc(F)s2)c1. The largest absolute Gasteiger partial charge is 0.488 e. The van der Waals surface area contributed by atoms with E-state index >= 15 is 0 Å². The molecule has 0 spiro atoms. The van der Waals surface area contributed by atoms with Gasteiger partial charge >= 0.3 is 0 Å². The van der Waals surface area contributed by atoms with Crippen LogP contribution in [0.4, 0.5) is 18.3 Å². The van der Waals surface area contributed by atoms with Crippen LogP contribution in [0.25, 0.3) is 12.2 Å². The van der Waals surface area contributed by atoms with Crippen LogP contribution in [0.15, 0.2) is 42.6 Å². The van der Waals surface area contributed by atoms with E-state index in [4.69, 9.17) is 9.47 Å². The summed E-state index contributed by atoms with van der Waals surface area (Å²) in [5, 5.41) is 2.10. The molecule has 1 amide bonds. The number of amides is 1. The lowest BCUT2D eigenvalue weighted by Gasteiger charge is -2.15. The molecule has 0 unspecified atom stereocenters. The number of methoxy groups -OCH3 is 1. The highest BCUT2D eigenvalue weighted by molar-refractivity contribution is 7.14. The molecule has 1 aromatic heterocycles. The van der Waals surface area contributed by atoms with E-state index in [9.17, 15) is 18.0 Å². The van der Waals surface area contributed by atoms with Gasteiger partial charge in [-0.05, 0) is 48.9 Å². The van der Waals surface area contributed by atoms with Crippen LogP contribution < -0.4 is 10.1 Å². The fraction of sp³-hybridized carbons (Fsp3) is 0.182. The predicted octanol–water partition coefficient (Wildman–Crippen LogP) is 5.40.